The van der Waals surface area contributed by atoms with E-state index in [1.54, 1.807) is 0 Å². The van der Waals surface area contributed by atoms with Gasteiger partial charge in [-0.3, -0.25) is 0 Å². The summed E-state index contributed by atoms with van der Waals surface area (Å²) in [6, 6.07) is 6.94. The maximum atomic E-state index is 3.77. The summed E-state index contributed by atoms with van der Waals surface area (Å²) in [4.78, 5) is 0. The SMILES string of the molecule is C=CCCC(NC)c1cccc(C)c1I. The summed E-state index contributed by atoms with van der Waals surface area (Å²) in [7, 11) is 2.02. The molecule has 0 aromatic heterocycles. The summed E-state index contributed by atoms with van der Waals surface area (Å²) >= 11 is 2.43. The average molecular weight is 315 g/mol. The Bertz CT molecular complexity index is 333. The van der Waals surface area contributed by atoms with Crippen molar-refractivity contribution in [2.45, 2.75) is 25.8 Å². The molecule has 0 aliphatic carbocycles. The van der Waals surface area contributed by atoms with Crippen molar-refractivity contribution in [2.75, 3.05) is 7.05 Å². The molecular weight excluding hydrogens is 297 g/mol. The predicted molar refractivity (Wildman–Crippen MR) is 75.1 cm³/mol. The van der Waals surface area contributed by atoms with Gasteiger partial charge in [-0.1, -0.05) is 24.3 Å². The third-order valence-corrected chi connectivity index (χ3v) is 4.08. The maximum Gasteiger partial charge on any atom is 0.0331 e. The van der Waals surface area contributed by atoms with Crippen LogP contribution in [0.25, 0.3) is 0 Å². The van der Waals surface area contributed by atoms with Gasteiger partial charge in [-0.15, -0.1) is 6.58 Å². The molecule has 0 aliphatic heterocycles. The molecule has 0 saturated heterocycles. The van der Waals surface area contributed by atoms with Crippen molar-refractivity contribution in [1.82, 2.24) is 5.32 Å². The number of allylic oxidation sites excluding steroid dienone is 1. The Morgan fingerprint density at radius 1 is 1.53 bits per heavy atom. The zero-order valence-electron chi connectivity index (χ0n) is 9.39. The molecule has 1 aromatic carbocycles. The molecule has 1 aromatic rings. The Morgan fingerprint density at radius 3 is 2.87 bits per heavy atom. The second-order valence-electron chi connectivity index (χ2n) is 3.69. The van der Waals surface area contributed by atoms with Gasteiger partial charge in [0, 0.05) is 9.61 Å². The molecule has 0 spiro atoms. The maximum absolute atomic E-state index is 3.77. The van der Waals surface area contributed by atoms with Gasteiger partial charge < -0.3 is 5.32 Å². The van der Waals surface area contributed by atoms with E-state index >= 15 is 0 Å². The molecule has 1 nitrogen and oxygen atoms in total. The molecule has 1 N–H and O–H groups in total. The summed E-state index contributed by atoms with van der Waals surface area (Å²) < 4.78 is 1.37. The van der Waals surface area contributed by atoms with Crippen molar-refractivity contribution in [3.63, 3.8) is 0 Å². The molecule has 0 aliphatic rings. The number of benzene rings is 1. The number of hydrogen-bond donors (Lipinski definition) is 1. The molecular formula is C13H18IN. The number of nitrogens with one attached hydrogen (secondary N) is 1. The van der Waals surface area contributed by atoms with Crippen LogP contribution in [-0.2, 0) is 0 Å². The summed E-state index contributed by atoms with van der Waals surface area (Å²) in [5.41, 5.74) is 2.76. The lowest BCUT2D eigenvalue weighted by molar-refractivity contribution is 0.552. The highest BCUT2D eigenvalue weighted by Crippen LogP contribution is 2.25. The fourth-order valence-electron chi connectivity index (χ4n) is 1.68. The first-order chi connectivity index (χ1) is 7.20. The van der Waals surface area contributed by atoms with Crippen LogP contribution in [0.2, 0.25) is 0 Å². The van der Waals surface area contributed by atoms with E-state index < -0.39 is 0 Å². The van der Waals surface area contributed by atoms with Gasteiger partial charge in [0.05, 0.1) is 0 Å². The van der Waals surface area contributed by atoms with Crippen molar-refractivity contribution >= 4 is 22.6 Å². The van der Waals surface area contributed by atoms with Crippen LogP contribution in [-0.4, -0.2) is 7.05 Å². The van der Waals surface area contributed by atoms with Crippen LogP contribution >= 0.6 is 22.6 Å². The Kier molecular flexibility index (Phi) is 5.32. The number of hydrogen-bond acceptors (Lipinski definition) is 1. The smallest absolute Gasteiger partial charge is 0.0331 e. The third kappa shape index (κ3) is 3.31. The zero-order chi connectivity index (χ0) is 11.3. The molecule has 2 heteroatoms. The number of aryl methyl sites for hydroxylation is 1. The topological polar surface area (TPSA) is 12.0 Å². The first-order valence-electron chi connectivity index (χ1n) is 5.24. The lowest BCUT2D eigenvalue weighted by Crippen LogP contribution is -2.17. The predicted octanol–water partition coefficient (Wildman–Crippen LogP) is 3.83. The third-order valence-electron chi connectivity index (χ3n) is 2.61. The van der Waals surface area contributed by atoms with Gasteiger partial charge >= 0.3 is 0 Å². The molecule has 0 bridgehead atoms. The molecule has 0 amide bonds. The van der Waals surface area contributed by atoms with Crippen LogP contribution in [0.3, 0.4) is 0 Å². The molecule has 1 atom stereocenters. The minimum absolute atomic E-state index is 0.440. The highest BCUT2D eigenvalue weighted by Gasteiger charge is 2.12. The van der Waals surface area contributed by atoms with E-state index in [-0.39, 0.29) is 0 Å². The molecule has 0 saturated carbocycles. The van der Waals surface area contributed by atoms with Crippen molar-refractivity contribution in [3.05, 3.63) is 45.6 Å². The number of halogens is 1. The Morgan fingerprint density at radius 2 is 2.27 bits per heavy atom. The van der Waals surface area contributed by atoms with Crippen LogP contribution in [0.1, 0.15) is 30.0 Å². The van der Waals surface area contributed by atoms with E-state index in [4.69, 9.17) is 0 Å². The molecule has 0 heterocycles. The quantitative estimate of drug-likeness (QED) is 0.643. The van der Waals surface area contributed by atoms with Gasteiger partial charge in [0.1, 0.15) is 0 Å². The van der Waals surface area contributed by atoms with Crippen LogP contribution in [0, 0.1) is 10.5 Å². The second kappa shape index (κ2) is 6.28. The first-order valence-corrected chi connectivity index (χ1v) is 6.31. The van der Waals surface area contributed by atoms with E-state index in [0.29, 0.717) is 6.04 Å². The fourth-order valence-corrected chi connectivity index (χ4v) is 2.41. The van der Waals surface area contributed by atoms with Crippen LogP contribution in [0.5, 0.6) is 0 Å². The molecule has 0 radical (unpaired) electrons. The normalized spacial score (nSPS) is 12.5. The number of rotatable bonds is 5. The monoisotopic (exact) mass is 315 g/mol. The van der Waals surface area contributed by atoms with Crippen molar-refractivity contribution in [2.24, 2.45) is 0 Å². The van der Waals surface area contributed by atoms with Gasteiger partial charge in [-0.25, -0.2) is 0 Å². The highest BCUT2D eigenvalue weighted by atomic mass is 127. The van der Waals surface area contributed by atoms with E-state index in [2.05, 4.69) is 59.6 Å². The van der Waals surface area contributed by atoms with Crippen LogP contribution in [0.4, 0.5) is 0 Å². The van der Waals surface area contributed by atoms with Crippen LogP contribution < -0.4 is 5.32 Å². The highest BCUT2D eigenvalue weighted by molar-refractivity contribution is 14.1. The molecule has 0 fully saturated rings. The first kappa shape index (κ1) is 12.7. The van der Waals surface area contributed by atoms with Gasteiger partial charge in [-0.05, 0) is 60.5 Å². The summed E-state index contributed by atoms with van der Waals surface area (Å²) in [5.74, 6) is 0. The molecule has 1 unspecified atom stereocenters. The minimum atomic E-state index is 0.440. The summed E-state index contributed by atoms with van der Waals surface area (Å²) in [6.45, 7) is 5.93. The molecule has 15 heavy (non-hydrogen) atoms. The van der Waals surface area contributed by atoms with Crippen molar-refractivity contribution in [1.29, 1.82) is 0 Å². The zero-order valence-corrected chi connectivity index (χ0v) is 11.5. The van der Waals surface area contributed by atoms with Crippen molar-refractivity contribution in [3.8, 4) is 0 Å². The Hall–Kier alpha value is -0.350. The van der Waals surface area contributed by atoms with Gasteiger partial charge in [0.2, 0.25) is 0 Å². The van der Waals surface area contributed by atoms with E-state index in [1.165, 1.54) is 14.7 Å². The standard InChI is InChI=1S/C13H18IN/c1-4-5-9-12(15-3)11-8-6-7-10(2)13(11)14/h4,6-8,12,15H,1,5,9H2,2-3H3. The summed E-state index contributed by atoms with van der Waals surface area (Å²) in [6.07, 6.45) is 4.14. The fraction of sp³-hybridized carbons (Fsp3) is 0.385. The Labute approximate surface area is 106 Å². The largest absolute Gasteiger partial charge is 0.313 e. The van der Waals surface area contributed by atoms with E-state index in [9.17, 15) is 0 Å². The minimum Gasteiger partial charge on any atom is -0.313 e. The molecule has 1 rings (SSSR count). The average Bonchev–Trinajstić information content (AvgIpc) is 2.25. The lowest BCUT2D eigenvalue weighted by atomic mass is 10.0. The second-order valence-corrected chi connectivity index (χ2v) is 4.76. The van der Waals surface area contributed by atoms with E-state index in [0.717, 1.165) is 12.8 Å². The van der Waals surface area contributed by atoms with Gasteiger partial charge in [0.15, 0.2) is 0 Å². The molecule has 82 valence electrons. The lowest BCUT2D eigenvalue weighted by Gasteiger charge is -2.18. The Balaban J connectivity index is 2.90. The van der Waals surface area contributed by atoms with Gasteiger partial charge in [-0.2, -0.15) is 0 Å². The van der Waals surface area contributed by atoms with E-state index in [1.807, 2.05) is 13.1 Å². The van der Waals surface area contributed by atoms with Crippen molar-refractivity contribution < 1.29 is 0 Å². The van der Waals surface area contributed by atoms with Gasteiger partial charge in [0.25, 0.3) is 0 Å². The summed E-state index contributed by atoms with van der Waals surface area (Å²) in [5, 5.41) is 3.37. The van der Waals surface area contributed by atoms with Crippen LogP contribution in [0.15, 0.2) is 30.9 Å².